The van der Waals surface area contributed by atoms with Crippen molar-refractivity contribution in [3.8, 4) is 0 Å². The van der Waals surface area contributed by atoms with E-state index >= 15 is 0 Å². The van der Waals surface area contributed by atoms with Crippen LogP contribution in [0, 0.1) is 5.41 Å². The van der Waals surface area contributed by atoms with Crippen molar-refractivity contribution in [2.24, 2.45) is 11.1 Å². The van der Waals surface area contributed by atoms with Crippen molar-refractivity contribution >= 4 is 27.5 Å². The summed E-state index contributed by atoms with van der Waals surface area (Å²) in [5.41, 5.74) is 5.73. The highest BCUT2D eigenvalue weighted by molar-refractivity contribution is 8.01. The summed E-state index contributed by atoms with van der Waals surface area (Å²) in [6.45, 7) is 2.70. The normalized spacial score (nSPS) is 26.1. The summed E-state index contributed by atoms with van der Waals surface area (Å²) in [5.74, 6) is 1.37. The summed E-state index contributed by atoms with van der Waals surface area (Å²) in [6.07, 6.45) is 3.51. The Labute approximate surface area is 125 Å². The molecule has 116 valence electrons. The van der Waals surface area contributed by atoms with Crippen molar-refractivity contribution < 1.29 is 13.2 Å². The molecule has 7 heteroatoms. The first kappa shape index (κ1) is 16.1. The predicted molar refractivity (Wildman–Crippen MR) is 82.2 cm³/mol. The van der Waals surface area contributed by atoms with Crippen LogP contribution in [-0.4, -0.2) is 54.9 Å². The molecule has 20 heavy (non-hydrogen) atoms. The maximum atomic E-state index is 12.5. The monoisotopic (exact) mass is 320 g/mol. The van der Waals surface area contributed by atoms with Crippen molar-refractivity contribution in [2.45, 2.75) is 38.0 Å². The number of hydrogen-bond donors (Lipinski definition) is 1. The molecule has 2 aliphatic rings. The van der Waals surface area contributed by atoms with Gasteiger partial charge in [0.15, 0.2) is 9.84 Å². The first-order chi connectivity index (χ1) is 9.44. The number of nitrogens with two attached hydrogens (primary N) is 1. The van der Waals surface area contributed by atoms with Crippen LogP contribution in [0.3, 0.4) is 0 Å². The van der Waals surface area contributed by atoms with E-state index in [2.05, 4.69) is 0 Å². The van der Waals surface area contributed by atoms with Crippen LogP contribution in [0.2, 0.25) is 0 Å². The first-order valence-electron chi connectivity index (χ1n) is 7.23. The number of rotatable bonds is 5. The molecule has 1 saturated heterocycles. The van der Waals surface area contributed by atoms with Crippen LogP contribution in [0.15, 0.2) is 0 Å². The minimum atomic E-state index is -3.21. The van der Waals surface area contributed by atoms with Crippen LogP contribution in [0.25, 0.3) is 0 Å². The lowest BCUT2D eigenvalue weighted by atomic mass is 9.66. The van der Waals surface area contributed by atoms with Gasteiger partial charge in [0.25, 0.3) is 0 Å². The number of hydrogen-bond acceptors (Lipinski definition) is 5. The molecule has 1 saturated carbocycles. The number of nitrogens with zero attached hydrogens (tertiary/aromatic N) is 1. The number of sulfone groups is 1. The van der Waals surface area contributed by atoms with Gasteiger partial charge in [-0.2, -0.15) is 11.8 Å². The molecule has 2 fully saturated rings. The molecule has 2 N–H and O–H groups in total. The summed E-state index contributed by atoms with van der Waals surface area (Å²) in [5, 5.41) is -0.645. The Kier molecular flexibility index (Phi) is 5.02. The molecule has 0 aromatic heterocycles. The van der Waals surface area contributed by atoms with Crippen LogP contribution >= 0.6 is 11.8 Å². The minimum Gasteiger partial charge on any atom is -0.330 e. The van der Waals surface area contributed by atoms with Gasteiger partial charge in [0.05, 0.1) is 0 Å². The van der Waals surface area contributed by atoms with E-state index in [9.17, 15) is 13.2 Å². The average molecular weight is 320 g/mol. The predicted octanol–water partition coefficient (Wildman–Crippen LogP) is 0.842. The molecule has 1 aliphatic heterocycles. The Morgan fingerprint density at radius 1 is 1.45 bits per heavy atom. The summed E-state index contributed by atoms with van der Waals surface area (Å²) in [7, 11) is -3.21. The van der Waals surface area contributed by atoms with E-state index in [0.717, 1.165) is 25.0 Å². The fourth-order valence-electron chi connectivity index (χ4n) is 2.91. The second-order valence-electron chi connectivity index (χ2n) is 5.80. The van der Waals surface area contributed by atoms with E-state index in [1.807, 2.05) is 0 Å². The molecule has 1 unspecified atom stereocenters. The zero-order valence-electron chi connectivity index (χ0n) is 12.0. The standard InChI is InChI=1S/C13H24N2O3S2/c1-2-20(17,18)12-9-19-7-6-15(12)11(16)8-13(10-14)4-3-5-13/h12H,2-10,14H2,1H3. The molecule has 1 atom stereocenters. The van der Waals surface area contributed by atoms with Gasteiger partial charge >= 0.3 is 0 Å². The lowest BCUT2D eigenvalue weighted by Gasteiger charge is -2.43. The van der Waals surface area contributed by atoms with Crippen molar-refractivity contribution in [2.75, 3.05) is 30.3 Å². The lowest BCUT2D eigenvalue weighted by Crippen LogP contribution is -2.53. The molecular formula is C13H24N2O3S2. The molecule has 1 heterocycles. The number of thioether (sulfide) groups is 1. The molecule has 0 bridgehead atoms. The largest absolute Gasteiger partial charge is 0.330 e. The van der Waals surface area contributed by atoms with E-state index in [0.29, 0.717) is 25.3 Å². The Balaban J connectivity index is 2.10. The zero-order valence-corrected chi connectivity index (χ0v) is 13.6. The minimum absolute atomic E-state index is 0.0301. The van der Waals surface area contributed by atoms with Crippen molar-refractivity contribution in [1.82, 2.24) is 4.90 Å². The third kappa shape index (κ3) is 3.14. The summed E-state index contributed by atoms with van der Waals surface area (Å²) in [4.78, 5) is 14.1. The Bertz CT molecular complexity index is 455. The molecule has 2 rings (SSSR count). The summed E-state index contributed by atoms with van der Waals surface area (Å²) >= 11 is 1.61. The van der Waals surface area contributed by atoms with Crippen molar-refractivity contribution in [3.63, 3.8) is 0 Å². The molecule has 1 aliphatic carbocycles. The van der Waals surface area contributed by atoms with Crippen LogP contribution in [0.4, 0.5) is 0 Å². The number of amides is 1. The highest BCUT2D eigenvalue weighted by atomic mass is 32.2. The van der Waals surface area contributed by atoms with Gasteiger partial charge < -0.3 is 10.6 Å². The second kappa shape index (κ2) is 6.23. The third-order valence-electron chi connectivity index (χ3n) is 4.60. The van der Waals surface area contributed by atoms with Gasteiger partial charge in [-0.3, -0.25) is 4.79 Å². The van der Waals surface area contributed by atoms with Gasteiger partial charge in [0.1, 0.15) is 5.37 Å². The van der Waals surface area contributed by atoms with Gasteiger partial charge in [-0.25, -0.2) is 8.42 Å². The quantitative estimate of drug-likeness (QED) is 0.812. The van der Waals surface area contributed by atoms with E-state index in [1.165, 1.54) is 0 Å². The fraction of sp³-hybridized carbons (Fsp3) is 0.923. The van der Waals surface area contributed by atoms with Crippen molar-refractivity contribution in [1.29, 1.82) is 0 Å². The van der Waals surface area contributed by atoms with Crippen LogP contribution < -0.4 is 5.73 Å². The number of carbonyl (C=O) groups is 1. The molecule has 0 aromatic carbocycles. The van der Waals surface area contributed by atoms with Crippen LogP contribution in [0.1, 0.15) is 32.6 Å². The fourth-order valence-corrected chi connectivity index (χ4v) is 5.90. The second-order valence-corrected chi connectivity index (χ2v) is 9.40. The molecule has 0 radical (unpaired) electrons. The Morgan fingerprint density at radius 2 is 2.15 bits per heavy atom. The molecule has 5 nitrogen and oxygen atoms in total. The summed E-state index contributed by atoms with van der Waals surface area (Å²) in [6, 6.07) is 0. The maximum Gasteiger partial charge on any atom is 0.224 e. The maximum absolute atomic E-state index is 12.5. The van der Waals surface area contributed by atoms with Gasteiger partial charge in [0, 0.05) is 30.2 Å². The SMILES string of the molecule is CCS(=O)(=O)C1CSCCN1C(=O)CC1(CN)CCC1. The lowest BCUT2D eigenvalue weighted by molar-refractivity contribution is -0.135. The highest BCUT2D eigenvalue weighted by Gasteiger charge is 2.42. The van der Waals surface area contributed by atoms with Gasteiger partial charge in [-0.15, -0.1) is 0 Å². The van der Waals surface area contributed by atoms with Gasteiger partial charge in [0.2, 0.25) is 5.91 Å². The van der Waals surface area contributed by atoms with E-state index in [-0.39, 0.29) is 17.1 Å². The van der Waals surface area contributed by atoms with E-state index in [4.69, 9.17) is 5.73 Å². The van der Waals surface area contributed by atoms with Crippen LogP contribution in [0.5, 0.6) is 0 Å². The average Bonchev–Trinajstić information content (AvgIpc) is 2.42. The van der Waals surface area contributed by atoms with E-state index in [1.54, 1.807) is 23.6 Å². The Hall–Kier alpha value is -0.270. The topological polar surface area (TPSA) is 80.5 Å². The first-order valence-corrected chi connectivity index (χ1v) is 10.1. The van der Waals surface area contributed by atoms with Gasteiger partial charge in [-0.05, 0) is 24.8 Å². The molecular weight excluding hydrogens is 296 g/mol. The molecule has 0 aromatic rings. The van der Waals surface area contributed by atoms with Crippen molar-refractivity contribution in [3.05, 3.63) is 0 Å². The third-order valence-corrected chi connectivity index (χ3v) is 7.88. The Morgan fingerprint density at radius 3 is 2.65 bits per heavy atom. The number of carbonyl (C=O) groups excluding carboxylic acids is 1. The zero-order chi connectivity index (χ0) is 14.8. The van der Waals surface area contributed by atoms with E-state index < -0.39 is 15.2 Å². The summed E-state index contributed by atoms with van der Waals surface area (Å²) < 4.78 is 24.3. The molecule has 1 amide bonds. The smallest absolute Gasteiger partial charge is 0.224 e. The van der Waals surface area contributed by atoms with Crippen LogP contribution in [-0.2, 0) is 14.6 Å². The molecule has 0 spiro atoms. The van der Waals surface area contributed by atoms with Gasteiger partial charge in [-0.1, -0.05) is 13.3 Å². The highest BCUT2D eigenvalue weighted by Crippen LogP contribution is 2.43.